The molecule has 0 aliphatic carbocycles. The van der Waals surface area contributed by atoms with E-state index in [1.165, 1.54) is 0 Å². The second kappa shape index (κ2) is 6.19. The van der Waals surface area contributed by atoms with Crippen molar-refractivity contribution in [2.45, 2.75) is 0 Å². The predicted octanol–water partition coefficient (Wildman–Crippen LogP) is 0.0342. The number of hydrogen-bond acceptors (Lipinski definition) is 2. The monoisotopic (exact) mass is 190 g/mol. The molecule has 0 rings (SSSR count). The van der Waals surface area contributed by atoms with Gasteiger partial charge in [-0.15, -0.1) is 0 Å². The Labute approximate surface area is 77.5 Å². The number of likely N-dealkylation sites (N-methyl/N-ethyl adjacent to an activating group) is 1. The van der Waals surface area contributed by atoms with Crippen molar-refractivity contribution in [3.05, 3.63) is 12.7 Å². The first kappa shape index (κ1) is 14.2. The highest BCUT2D eigenvalue weighted by molar-refractivity contribution is 6.27. The standard InChI is InChI=1S/C6H14N.C2H2O4/c1-5-6-7(2,3)4;3-1(4)2(5)6/h5H,1,6H2,2-4H3;(H,3,4)(H,5,6)/q+1;. The molecule has 0 aliphatic rings. The first-order valence-electron chi connectivity index (χ1n) is 3.58. The largest absolute Gasteiger partial charge is 0.473 e. The minimum Gasteiger partial charge on any atom is -0.473 e. The van der Waals surface area contributed by atoms with Crippen molar-refractivity contribution in [2.24, 2.45) is 0 Å². The van der Waals surface area contributed by atoms with Gasteiger partial charge in [0.15, 0.2) is 0 Å². The minimum absolute atomic E-state index is 0.976. The third-order valence-electron chi connectivity index (χ3n) is 0.860. The number of aliphatic carboxylic acids is 2. The lowest BCUT2D eigenvalue weighted by Crippen LogP contribution is -2.33. The van der Waals surface area contributed by atoms with Crippen molar-refractivity contribution in [3.8, 4) is 0 Å². The number of quaternary nitrogens is 1. The van der Waals surface area contributed by atoms with E-state index in [4.69, 9.17) is 19.8 Å². The van der Waals surface area contributed by atoms with Crippen molar-refractivity contribution in [3.63, 3.8) is 0 Å². The van der Waals surface area contributed by atoms with Gasteiger partial charge >= 0.3 is 11.9 Å². The topological polar surface area (TPSA) is 74.6 Å². The molecule has 0 saturated heterocycles. The Hall–Kier alpha value is -1.36. The van der Waals surface area contributed by atoms with Gasteiger partial charge < -0.3 is 14.7 Å². The Bertz CT molecular complexity index is 181. The van der Waals surface area contributed by atoms with E-state index in [1.54, 1.807) is 0 Å². The molecule has 0 unspecified atom stereocenters. The van der Waals surface area contributed by atoms with Gasteiger partial charge in [-0.25, -0.2) is 9.59 Å². The molecule has 0 fully saturated rings. The van der Waals surface area contributed by atoms with Crippen LogP contribution in [0.3, 0.4) is 0 Å². The van der Waals surface area contributed by atoms with E-state index in [0.717, 1.165) is 11.0 Å². The second-order valence-electron chi connectivity index (χ2n) is 3.37. The normalized spacial score (nSPS) is 9.46. The molecule has 0 bridgehead atoms. The summed E-state index contributed by atoms with van der Waals surface area (Å²) < 4.78 is 0.976. The van der Waals surface area contributed by atoms with E-state index in [9.17, 15) is 0 Å². The molecule has 0 aromatic carbocycles. The quantitative estimate of drug-likeness (QED) is 0.366. The summed E-state index contributed by atoms with van der Waals surface area (Å²) in [5.74, 6) is -3.65. The molecule has 0 radical (unpaired) electrons. The maximum absolute atomic E-state index is 9.10. The van der Waals surface area contributed by atoms with Crippen LogP contribution in [0.25, 0.3) is 0 Å². The summed E-state index contributed by atoms with van der Waals surface area (Å²) in [5.41, 5.74) is 0. The number of carboxylic acid groups (broad SMARTS) is 2. The summed E-state index contributed by atoms with van der Waals surface area (Å²) in [4.78, 5) is 18.2. The van der Waals surface area contributed by atoms with E-state index in [2.05, 4.69) is 27.7 Å². The molecular formula is C8H16NO4+. The van der Waals surface area contributed by atoms with Crippen LogP contribution in [0.1, 0.15) is 0 Å². The molecule has 5 heteroatoms. The van der Waals surface area contributed by atoms with Crippen molar-refractivity contribution in [1.82, 2.24) is 0 Å². The lowest BCUT2D eigenvalue weighted by Gasteiger charge is -2.21. The Morgan fingerprint density at radius 3 is 1.54 bits per heavy atom. The Balaban J connectivity index is 0. The molecule has 0 saturated carbocycles. The summed E-state index contributed by atoms with van der Waals surface area (Å²) in [6.07, 6.45) is 1.93. The molecule has 0 amide bonds. The van der Waals surface area contributed by atoms with Gasteiger partial charge in [-0.2, -0.15) is 0 Å². The third-order valence-corrected chi connectivity index (χ3v) is 0.860. The highest BCUT2D eigenvalue weighted by Gasteiger charge is 2.04. The Morgan fingerprint density at radius 2 is 1.54 bits per heavy atom. The minimum atomic E-state index is -1.82. The Kier molecular flexibility index (Phi) is 6.75. The smallest absolute Gasteiger partial charge is 0.414 e. The highest BCUT2D eigenvalue weighted by atomic mass is 16.4. The Morgan fingerprint density at radius 1 is 1.23 bits per heavy atom. The van der Waals surface area contributed by atoms with Gasteiger partial charge in [-0.05, 0) is 6.08 Å². The average molecular weight is 190 g/mol. The SMILES string of the molecule is C=CC[N+](C)(C)C.O=C(O)C(=O)O. The fraction of sp³-hybridized carbons (Fsp3) is 0.500. The number of carboxylic acids is 2. The van der Waals surface area contributed by atoms with Gasteiger partial charge in [0.2, 0.25) is 0 Å². The van der Waals surface area contributed by atoms with Gasteiger partial charge in [0, 0.05) is 0 Å². The average Bonchev–Trinajstić information content (AvgIpc) is 1.85. The van der Waals surface area contributed by atoms with Crippen molar-refractivity contribution < 1.29 is 24.3 Å². The zero-order valence-electron chi connectivity index (χ0n) is 8.15. The molecule has 0 atom stereocenters. The summed E-state index contributed by atoms with van der Waals surface area (Å²) in [5, 5.41) is 14.8. The molecule has 0 aromatic heterocycles. The second-order valence-corrected chi connectivity index (χ2v) is 3.37. The fourth-order valence-corrected chi connectivity index (χ4v) is 0.387. The van der Waals surface area contributed by atoms with Gasteiger partial charge in [0.1, 0.15) is 0 Å². The molecule has 2 N–H and O–H groups in total. The van der Waals surface area contributed by atoms with E-state index in [1.807, 2.05) is 6.08 Å². The van der Waals surface area contributed by atoms with Crippen LogP contribution in [0, 0.1) is 0 Å². The summed E-state index contributed by atoms with van der Waals surface area (Å²) >= 11 is 0. The van der Waals surface area contributed by atoms with Gasteiger partial charge in [-0.1, -0.05) is 6.58 Å². The summed E-state index contributed by atoms with van der Waals surface area (Å²) in [6, 6.07) is 0. The number of carbonyl (C=O) groups is 2. The number of hydrogen-bond donors (Lipinski definition) is 2. The highest BCUT2D eigenvalue weighted by Crippen LogP contribution is 1.86. The van der Waals surface area contributed by atoms with Crippen LogP contribution >= 0.6 is 0 Å². The van der Waals surface area contributed by atoms with Crippen molar-refractivity contribution >= 4 is 11.9 Å². The first-order chi connectivity index (χ1) is 5.70. The molecule has 76 valence electrons. The van der Waals surface area contributed by atoms with Crippen LogP contribution < -0.4 is 0 Å². The lowest BCUT2D eigenvalue weighted by molar-refractivity contribution is -0.864. The summed E-state index contributed by atoms with van der Waals surface area (Å²) in [7, 11) is 6.42. The van der Waals surface area contributed by atoms with Crippen LogP contribution in [-0.2, 0) is 9.59 Å². The van der Waals surface area contributed by atoms with Gasteiger partial charge in [-0.3, -0.25) is 0 Å². The van der Waals surface area contributed by atoms with Crippen molar-refractivity contribution in [1.29, 1.82) is 0 Å². The van der Waals surface area contributed by atoms with Crippen LogP contribution in [0.4, 0.5) is 0 Å². The van der Waals surface area contributed by atoms with E-state index >= 15 is 0 Å². The fourth-order valence-electron chi connectivity index (χ4n) is 0.387. The molecule has 13 heavy (non-hydrogen) atoms. The maximum Gasteiger partial charge on any atom is 0.414 e. The third kappa shape index (κ3) is 18.0. The van der Waals surface area contributed by atoms with Crippen LogP contribution in [-0.4, -0.2) is 54.3 Å². The van der Waals surface area contributed by atoms with Crippen LogP contribution in [0.5, 0.6) is 0 Å². The molecule has 0 heterocycles. The number of rotatable bonds is 2. The lowest BCUT2D eigenvalue weighted by atomic mass is 10.5. The van der Waals surface area contributed by atoms with Gasteiger partial charge in [0.05, 0.1) is 27.7 Å². The maximum atomic E-state index is 9.10. The van der Waals surface area contributed by atoms with E-state index in [-0.39, 0.29) is 0 Å². The molecule has 0 aromatic rings. The van der Waals surface area contributed by atoms with Crippen molar-refractivity contribution in [2.75, 3.05) is 27.7 Å². The molecule has 0 spiro atoms. The summed E-state index contributed by atoms with van der Waals surface area (Å²) in [6.45, 7) is 4.67. The number of nitrogens with zero attached hydrogens (tertiary/aromatic N) is 1. The van der Waals surface area contributed by atoms with Crippen LogP contribution in [0.2, 0.25) is 0 Å². The molecular weight excluding hydrogens is 174 g/mol. The molecule has 0 aliphatic heterocycles. The zero-order chi connectivity index (χ0) is 11.1. The van der Waals surface area contributed by atoms with Gasteiger partial charge in [0.25, 0.3) is 0 Å². The molecule has 5 nitrogen and oxygen atoms in total. The first-order valence-corrected chi connectivity index (χ1v) is 3.58. The zero-order valence-corrected chi connectivity index (χ0v) is 8.15. The predicted molar refractivity (Wildman–Crippen MR) is 48.4 cm³/mol. The van der Waals surface area contributed by atoms with E-state index < -0.39 is 11.9 Å². The van der Waals surface area contributed by atoms with Crippen LogP contribution in [0.15, 0.2) is 12.7 Å². The van der Waals surface area contributed by atoms with E-state index in [0.29, 0.717) is 0 Å².